The molecule has 1 nitrogen and oxygen atoms in total. The molecule has 1 fully saturated rings. The second kappa shape index (κ2) is 5.03. The SMILES string of the molecule is [c]1ccc(-c2sccc2CN2CCCC2)cc1. The first-order valence-electron chi connectivity index (χ1n) is 6.19. The van der Waals surface area contributed by atoms with Crippen LogP contribution in [-0.2, 0) is 6.54 Å². The van der Waals surface area contributed by atoms with Crippen molar-refractivity contribution < 1.29 is 0 Å². The molecule has 1 aliphatic rings. The summed E-state index contributed by atoms with van der Waals surface area (Å²) < 4.78 is 0. The number of thiophene rings is 1. The Kier molecular flexibility index (Phi) is 3.25. The van der Waals surface area contributed by atoms with Crippen LogP contribution in [0, 0.1) is 6.07 Å². The van der Waals surface area contributed by atoms with Crippen LogP contribution in [0.5, 0.6) is 0 Å². The zero-order valence-electron chi connectivity index (χ0n) is 9.86. The Morgan fingerprint density at radius 1 is 1.12 bits per heavy atom. The molecule has 0 aliphatic carbocycles. The fourth-order valence-corrected chi connectivity index (χ4v) is 3.36. The summed E-state index contributed by atoms with van der Waals surface area (Å²) in [5, 5.41) is 2.21. The molecule has 1 aliphatic heterocycles. The molecule has 3 rings (SSSR count). The van der Waals surface area contributed by atoms with Crippen LogP contribution >= 0.6 is 11.3 Å². The van der Waals surface area contributed by atoms with Crippen LogP contribution in [0.15, 0.2) is 35.7 Å². The van der Waals surface area contributed by atoms with Gasteiger partial charge in [0.25, 0.3) is 0 Å². The average molecular weight is 242 g/mol. The molecular weight excluding hydrogens is 226 g/mol. The molecule has 2 heteroatoms. The standard InChI is InChI=1S/C15H16NS/c1-2-6-13(7-3-1)15-14(8-11-17-15)12-16-9-4-5-10-16/h2-3,6-8,11H,4-5,9-10,12H2. The van der Waals surface area contributed by atoms with E-state index in [0.29, 0.717) is 0 Å². The van der Waals surface area contributed by atoms with E-state index in [9.17, 15) is 0 Å². The summed E-state index contributed by atoms with van der Waals surface area (Å²) in [7, 11) is 0. The normalized spacial score (nSPS) is 16.5. The third kappa shape index (κ3) is 2.43. The van der Waals surface area contributed by atoms with Crippen LogP contribution in [0.1, 0.15) is 18.4 Å². The molecule has 1 aromatic heterocycles. The third-order valence-corrected chi connectivity index (χ3v) is 4.33. The fourth-order valence-electron chi connectivity index (χ4n) is 2.43. The van der Waals surface area contributed by atoms with E-state index in [2.05, 4.69) is 34.5 Å². The predicted octanol–water partition coefficient (Wildman–Crippen LogP) is 3.81. The number of likely N-dealkylation sites (tertiary alicyclic amines) is 1. The van der Waals surface area contributed by atoms with Gasteiger partial charge in [-0.25, -0.2) is 0 Å². The van der Waals surface area contributed by atoms with Crippen molar-refractivity contribution in [1.29, 1.82) is 0 Å². The van der Waals surface area contributed by atoms with E-state index in [1.54, 1.807) is 0 Å². The van der Waals surface area contributed by atoms with E-state index < -0.39 is 0 Å². The van der Waals surface area contributed by atoms with Crippen molar-refractivity contribution in [2.45, 2.75) is 19.4 Å². The Balaban J connectivity index is 1.84. The Bertz CT molecular complexity index is 469. The molecular formula is C15H16NS. The zero-order valence-corrected chi connectivity index (χ0v) is 10.7. The Morgan fingerprint density at radius 2 is 1.88 bits per heavy atom. The van der Waals surface area contributed by atoms with Crippen LogP contribution in [0.25, 0.3) is 10.4 Å². The van der Waals surface area contributed by atoms with Gasteiger partial charge in [-0.15, -0.1) is 11.3 Å². The highest BCUT2D eigenvalue weighted by Crippen LogP contribution is 2.30. The highest BCUT2D eigenvalue weighted by molar-refractivity contribution is 7.13. The minimum absolute atomic E-state index is 1.11. The highest BCUT2D eigenvalue weighted by atomic mass is 32.1. The fraction of sp³-hybridized carbons (Fsp3) is 0.333. The van der Waals surface area contributed by atoms with Gasteiger partial charge in [0, 0.05) is 11.4 Å². The quantitative estimate of drug-likeness (QED) is 0.791. The van der Waals surface area contributed by atoms with Gasteiger partial charge in [0.2, 0.25) is 0 Å². The molecule has 2 heterocycles. The van der Waals surface area contributed by atoms with Crippen LogP contribution in [0.4, 0.5) is 0 Å². The van der Waals surface area contributed by atoms with E-state index >= 15 is 0 Å². The van der Waals surface area contributed by atoms with Gasteiger partial charge in [0.1, 0.15) is 0 Å². The number of rotatable bonds is 3. The Hall–Kier alpha value is -1.12. The lowest BCUT2D eigenvalue weighted by Gasteiger charge is -2.14. The minimum atomic E-state index is 1.11. The first kappa shape index (κ1) is 11.0. The number of hydrogen-bond donors (Lipinski definition) is 0. The summed E-state index contributed by atoms with van der Waals surface area (Å²) in [5.74, 6) is 0. The third-order valence-electron chi connectivity index (χ3n) is 3.32. The largest absolute Gasteiger partial charge is 0.299 e. The second-order valence-corrected chi connectivity index (χ2v) is 5.46. The second-order valence-electron chi connectivity index (χ2n) is 4.55. The van der Waals surface area contributed by atoms with Crippen LogP contribution in [-0.4, -0.2) is 18.0 Å². The van der Waals surface area contributed by atoms with E-state index in [0.717, 1.165) is 6.54 Å². The zero-order chi connectivity index (χ0) is 11.5. The number of hydrogen-bond acceptors (Lipinski definition) is 2. The first-order chi connectivity index (χ1) is 8.43. The number of benzene rings is 1. The maximum absolute atomic E-state index is 3.08. The molecule has 0 unspecified atom stereocenters. The van der Waals surface area contributed by atoms with Crippen molar-refractivity contribution >= 4 is 11.3 Å². The molecule has 0 bridgehead atoms. The van der Waals surface area contributed by atoms with Crippen LogP contribution in [0.2, 0.25) is 0 Å². The molecule has 0 spiro atoms. The molecule has 17 heavy (non-hydrogen) atoms. The van der Waals surface area contributed by atoms with Crippen molar-refractivity contribution in [2.24, 2.45) is 0 Å². The molecule has 1 saturated heterocycles. The van der Waals surface area contributed by atoms with Crippen LogP contribution < -0.4 is 0 Å². The summed E-state index contributed by atoms with van der Waals surface area (Å²) in [6, 6.07) is 13.6. The Labute approximate surface area is 107 Å². The van der Waals surface area contributed by atoms with Gasteiger partial charge in [-0.3, -0.25) is 4.90 Å². The lowest BCUT2D eigenvalue weighted by Crippen LogP contribution is -2.18. The highest BCUT2D eigenvalue weighted by Gasteiger charge is 2.14. The summed E-state index contributed by atoms with van der Waals surface area (Å²) in [5.41, 5.74) is 2.80. The summed E-state index contributed by atoms with van der Waals surface area (Å²) in [6.07, 6.45) is 2.72. The van der Waals surface area contributed by atoms with Gasteiger partial charge in [0.05, 0.1) is 0 Å². The Morgan fingerprint density at radius 3 is 2.65 bits per heavy atom. The molecule has 0 amide bonds. The van der Waals surface area contributed by atoms with Gasteiger partial charge < -0.3 is 0 Å². The van der Waals surface area contributed by atoms with Gasteiger partial charge in [-0.2, -0.15) is 0 Å². The van der Waals surface area contributed by atoms with Crippen LogP contribution in [0.3, 0.4) is 0 Å². The maximum atomic E-state index is 3.08. The molecule has 0 saturated carbocycles. The molecule has 2 aromatic rings. The minimum Gasteiger partial charge on any atom is -0.299 e. The van der Waals surface area contributed by atoms with Gasteiger partial charge >= 0.3 is 0 Å². The van der Waals surface area contributed by atoms with E-state index in [4.69, 9.17) is 0 Å². The molecule has 1 aromatic carbocycles. The summed E-state index contributed by atoms with van der Waals surface area (Å²) in [4.78, 5) is 3.98. The maximum Gasteiger partial charge on any atom is 0.0387 e. The van der Waals surface area contributed by atoms with Gasteiger partial charge in [-0.05, 0) is 54.6 Å². The van der Waals surface area contributed by atoms with Crippen molar-refractivity contribution in [3.63, 3.8) is 0 Å². The van der Waals surface area contributed by atoms with Crippen molar-refractivity contribution in [3.05, 3.63) is 47.3 Å². The number of nitrogens with zero attached hydrogens (tertiary/aromatic N) is 1. The lowest BCUT2D eigenvalue weighted by molar-refractivity contribution is 0.332. The van der Waals surface area contributed by atoms with E-state index in [1.807, 2.05) is 23.5 Å². The predicted molar refractivity (Wildman–Crippen MR) is 73.1 cm³/mol. The molecule has 0 N–H and O–H groups in total. The molecule has 0 atom stereocenters. The topological polar surface area (TPSA) is 3.24 Å². The first-order valence-corrected chi connectivity index (χ1v) is 7.07. The van der Waals surface area contributed by atoms with Crippen molar-refractivity contribution in [2.75, 3.05) is 13.1 Å². The molecule has 1 radical (unpaired) electrons. The van der Waals surface area contributed by atoms with Gasteiger partial charge in [-0.1, -0.05) is 24.3 Å². The van der Waals surface area contributed by atoms with E-state index in [-0.39, 0.29) is 0 Å². The smallest absolute Gasteiger partial charge is 0.0387 e. The van der Waals surface area contributed by atoms with Gasteiger partial charge in [0.15, 0.2) is 0 Å². The average Bonchev–Trinajstić information content (AvgIpc) is 3.02. The lowest BCUT2D eigenvalue weighted by atomic mass is 10.1. The van der Waals surface area contributed by atoms with E-state index in [1.165, 1.54) is 41.9 Å². The molecule has 87 valence electrons. The van der Waals surface area contributed by atoms with Crippen molar-refractivity contribution in [3.8, 4) is 10.4 Å². The van der Waals surface area contributed by atoms with Crippen molar-refractivity contribution in [1.82, 2.24) is 4.90 Å². The summed E-state index contributed by atoms with van der Waals surface area (Å²) >= 11 is 1.85. The summed E-state index contributed by atoms with van der Waals surface area (Å²) in [6.45, 7) is 3.63. The monoisotopic (exact) mass is 242 g/mol.